The smallest absolute Gasteiger partial charge is 0.907 e. The molecule has 6 nitrogen and oxygen atoms in total. The molecule has 0 unspecified atom stereocenters. The maximum absolute atomic E-state index is 8.42. The van der Waals surface area contributed by atoms with Crippen LogP contribution in [0.4, 0.5) is 0 Å². The van der Waals surface area contributed by atoms with Crippen molar-refractivity contribution in [1.82, 2.24) is 0 Å². The summed E-state index contributed by atoms with van der Waals surface area (Å²) in [5.41, 5.74) is 0. The van der Waals surface area contributed by atoms with E-state index in [1.165, 1.54) is 0 Å². The Morgan fingerprint density at radius 3 is 0.455 bits per heavy atom. The minimum Gasteiger partial charge on any atom is -0.907 e. The molecule has 0 saturated heterocycles. The van der Waals surface area contributed by atoms with E-state index >= 15 is 0 Å². The third-order valence-corrected chi connectivity index (χ3v) is 0. The molecule has 0 bridgehead atoms. The van der Waals surface area contributed by atoms with Crippen molar-refractivity contribution in [1.29, 1.82) is 0 Å². The summed E-state index contributed by atoms with van der Waals surface area (Å²) >= 11 is 0. The second-order valence-electron chi connectivity index (χ2n) is 0.577. The van der Waals surface area contributed by atoms with E-state index in [4.69, 9.17) is 30.1 Å². The monoisotopic (exact) mass is 283 g/mol. The SMILES string of the molecule is [Mn+2].[Mn+2].[Mn+2].[O-]B([O-])[O-].[O-]B([O-])[O-]. The molecule has 0 saturated carbocycles. The Morgan fingerprint density at radius 2 is 0.455 bits per heavy atom. The van der Waals surface area contributed by atoms with Gasteiger partial charge in [0.15, 0.2) is 0 Å². The Balaban J connectivity index is -0.0000000171. The van der Waals surface area contributed by atoms with Crippen molar-refractivity contribution in [2.75, 3.05) is 0 Å². The van der Waals surface area contributed by atoms with E-state index in [0.717, 1.165) is 0 Å². The van der Waals surface area contributed by atoms with Crippen LogP contribution in [0.5, 0.6) is 0 Å². The Labute approximate surface area is 95.8 Å². The Morgan fingerprint density at radius 1 is 0.455 bits per heavy atom. The van der Waals surface area contributed by atoms with Crippen LogP contribution in [0.15, 0.2) is 0 Å². The molecule has 11 heavy (non-hydrogen) atoms. The molecule has 0 rings (SSSR count). The number of rotatable bonds is 0. The summed E-state index contributed by atoms with van der Waals surface area (Å²) in [6, 6.07) is 0. The van der Waals surface area contributed by atoms with E-state index < -0.39 is 14.6 Å². The van der Waals surface area contributed by atoms with Gasteiger partial charge in [0.05, 0.1) is 0 Å². The van der Waals surface area contributed by atoms with E-state index in [0.29, 0.717) is 0 Å². The fraction of sp³-hybridized carbons (Fsp3) is 0. The van der Waals surface area contributed by atoms with E-state index in [1.54, 1.807) is 0 Å². The van der Waals surface area contributed by atoms with Gasteiger partial charge in [0, 0.05) is 0 Å². The van der Waals surface area contributed by atoms with Crippen LogP contribution in [0.1, 0.15) is 0 Å². The zero-order chi connectivity index (χ0) is 7.15. The van der Waals surface area contributed by atoms with Crippen LogP contribution in [-0.2, 0) is 51.2 Å². The van der Waals surface area contributed by atoms with E-state index in [9.17, 15) is 0 Å². The first-order valence-electron chi connectivity index (χ1n) is 1.41. The maximum Gasteiger partial charge on any atom is 2.00 e. The average Bonchev–Trinajstić information content (AvgIpc) is 1.25. The van der Waals surface area contributed by atoms with Crippen molar-refractivity contribution in [3.63, 3.8) is 0 Å². The fourth-order valence-electron chi connectivity index (χ4n) is 0. The van der Waals surface area contributed by atoms with Gasteiger partial charge in [-0.05, 0) is 0 Å². The standard InChI is InChI=1S/2BO3.3Mn/c2*2-1(3)4;;;/q2*-3;3*+2. The molecule has 0 aliphatic rings. The zero-order valence-corrected chi connectivity index (χ0v) is 8.28. The molecule has 0 aromatic rings. The molecular weight excluding hydrogens is 282 g/mol. The third-order valence-electron chi connectivity index (χ3n) is 0. The topological polar surface area (TPSA) is 138 Å². The van der Waals surface area contributed by atoms with Gasteiger partial charge < -0.3 is 30.1 Å². The quantitative estimate of drug-likeness (QED) is 0.404. The Bertz CT molecular complexity index is 31.3. The summed E-state index contributed by atoms with van der Waals surface area (Å²) in [7, 11) is -5.83. The van der Waals surface area contributed by atoms with Gasteiger partial charge >= 0.3 is 51.2 Å². The second kappa shape index (κ2) is 22.5. The molecular formula is B2Mn3O6. The van der Waals surface area contributed by atoms with Gasteiger partial charge in [-0.2, -0.15) is 0 Å². The molecule has 0 aromatic heterocycles. The first-order valence-corrected chi connectivity index (χ1v) is 1.41. The van der Waals surface area contributed by atoms with Crippen molar-refractivity contribution < 1.29 is 81.4 Å². The summed E-state index contributed by atoms with van der Waals surface area (Å²) in [5.74, 6) is 0. The summed E-state index contributed by atoms with van der Waals surface area (Å²) in [4.78, 5) is 0. The van der Waals surface area contributed by atoms with Crippen LogP contribution in [0.3, 0.4) is 0 Å². The first kappa shape index (κ1) is 29.4. The van der Waals surface area contributed by atoms with Crippen molar-refractivity contribution in [2.45, 2.75) is 0 Å². The van der Waals surface area contributed by atoms with Gasteiger partial charge in [0.1, 0.15) is 0 Å². The Kier molecular flexibility index (Phi) is 60.2. The molecule has 0 aliphatic carbocycles. The van der Waals surface area contributed by atoms with Gasteiger partial charge in [-0.1, -0.05) is 0 Å². The Hall–Kier alpha value is 1.45. The van der Waals surface area contributed by atoms with Gasteiger partial charge in [0.25, 0.3) is 0 Å². The van der Waals surface area contributed by atoms with Gasteiger partial charge in [-0.15, -0.1) is 0 Å². The summed E-state index contributed by atoms with van der Waals surface area (Å²) < 4.78 is 0. The number of hydrogen-bond donors (Lipinski definition) is 0. The zero-order valence-electron chi connectivity index (χ0n) is 4.74. The van der Waals surface area contributed by atoms with Crippen molar-refractivity contribution in [3.05, 3.63) is 0 Å². The minimum absolute atomic E-state index is 0. The molecule has 0 N–H and O–H groups in total. The van der Waals surface area contributed by atoms with Gasteiger partial charge in [-0.25, -0.2) is 0 Å². The minimum atomic E-state index is -2.92. The molecule has 11 heteroatoms. The second-order valence-corrected chi connectivity index (χ2v) is 0.577. The van der Waals surface area contributed by atoms with Crippen LogP contribution < -0.4 is 30.1 Å². The number of hydrogen-bond acceptors (Lipinski definition) is 6. The van der Waals surface area contributed by atoms with Crippen molar-refractivity contribution in [3.8, 4) is 0 Å². The van der Waals surface area contributed by atoms with E-state index in [-0.39, 0.29) is 51.2 Å². The summed E-state index contributed by atoms with van der Waals surface area (Å²) in [6.45, 7) is 0. The van der Waals surface area contributed by atoms with Gasteiger partial charge in [0.2, 0.25) is 0 Å². The van der Waals surface area contributed by atoms with Crippen molar-refractivity contribution >= 4 is 14.6 Å². The van der Waals surface area contributed by atoms with Gasteiger partial charge in [-0.3, -0.25) is 14.6 Å². The molecule has 63 valence electrons. The third kappa shape index (κ3) is 487. The molecule has 0 spiro atoms. The molecule has 3 radical (unpaired) electrons. The summed E-state index contributed by atoms with van der Waals surface area (Å²) in [6.07, 6.45) is 0. The molecule has 0 amide bonds. The first-order chi connectivity index (χ1) is 3.46. The van der Waals surface area contributed by atoms with E-state index in [2.05, 4.69) is 0 Å². The largest absolute Gasteiger partial charge is 2.00 e. The van der Waals surface area contributed by atoms with Crippen LogP contribution in [0, 0.1) is 0 Å². The molecule has 0 atom stereocenters. The van der Waals surface area contributed by atoms with Crippen LogP contribution in [0.2, 0.25) is 0 Å². The van der Waals surface area contributed by atoms with Crippen LogP contribution in [-0.4, -0.2) is 14.6 Å². The predicted octanol–water partition coefficient (Wildman–Crippen LogP) is -7.90. The predicted molar refractivity (Wildman–Crippen MR) is 11.5 cm³/mol. The van der Waals surface area contributed by atoms with Crippen LogP contribution in [0.25, 0.3) is 0 Å². The van der Waals surface area contributed by atoms with Crippen LogP contribution >= 0.6 is 0 Å². The normalized spacial score (nSPS) is 4.91. The summed E-state index contributed by atoms with van der Waals surface area (Å²) in [5, 5.41) is 50.5. The molecule has 0 aliphatic heterocycles. The van der Waals surface area contributed by atoms with Crippen molar-refractivity contribution in [2.24, 2.45) is 0 Å². The molecule has 0 heterocycles. The maximum atomic E-state index is 8.42. The van der Waals surface area contributed by atoms with E-state index in [1.807, 2.05) is 0 Å². The molecule has 0 fully saturated rings. The fourth-order valence-corrected chi connectivity index (χ4v) is 0. The molecule has 0 aromatic carbocycles. The average molecular weight is 282 g/mol.